The standard InChI is InChI=1S/C59H39N5/c1-5-17-39(18-6-1)46-37-49(40-19-7-2-8-20-40)57-50(38-46)55(42-29-31-43(32-30-42)56-54(41-21-9-3-10-22-41)48-25-13-14-26-51(48)60-56)62-58(63-57)44-33-35-45(36-34-44)59-61-52-27-15-16-28-53(52)64(59)47-23-11-4-12-24-47/h1-38,54H/t54-/m1/s1. The van der Waals surface area contributed by atoms with Crippen LogP contribution >= 0.6 is 0 Å². The number of imidazole rings is 1. The topological polar surface area (TPSA) is 56.0 Å². The van der Waals surface area contributed by atoms with Crippen molar-refractivity contribution in [3.8, 4) is 62.0 Å². The number of aromatic nitrogens is 4. The van der Waals surface area contributed by atoms with Gasteiger partial charge in [-0.25, -0.2) is 15.0 Å². The first kappa shape index (κ1) is 37.2. The Morgan fingerprint density at radius 1 is 0.406 bits per heavy atom. The van der Waals surface area contributed by atoms with E-state index in [9.17, 15) is 0 Å². The predicted octanol–water partition coefficient (Wildman–Crippen LogP) is 14.6. The van der Waals surface area contributed by atoms with Gasteiger partial charge in [0.1, 0.15) is 5.82 Å². The molecular formula is C59H39N5. The molecule has 5 nitrogen and oxygen atoms in total. The summed E-state index contributed by atoms with van der Waals surface area (Å²) in [4.78, 5) is 21.3. The Morgan fingerprint density at radius 2 is 1.00 bits per heavy atom. The van der Waals surface area contributed by atoms with Crippen molar-refractivity contribution in [2.45, 2.75) is 5.92 Å². The average molecular weight is 818 g/mol. The molecule has 3 heterocycles. The molecule has 12 rings (SSSR count). The van der Waals surface area contributed by atoms with E-state index >= 15 is 0 Å². The van der Waals surface area contributed by atoms with Gasteiger partial charge in [-0.3, -0.25) is 9.56 Å². The van der Waals surface area contributed by atoms with Crippen LogP contribution in [0.1, 0.15) is 22.6 Å². The lowest BCUT2D eigenvalue weighted by molar-refractivity contribution is 1.10. The van der Waals surface area contributed by atoms with Gasteiger partial charge in [0.15, 0.2) is 5.82 Å². The van der Waals surface area contributed by atoms with Crippen molar-refractivity contribution in [1.82, 2.24) is 19.5 Å². The number of fused-ring (bicyclic) bond motifs is 3. The molecule has 0 unspecified atom stereocenters. The normalized spacial score (nSPS) is 13.2. The van der Waals surface area contributed by atoms with Gasteiger partial charge in [-0.05, 0) is 75.8 Å². The van der Waals surface area contributed by atoms with Gasteiger partial charge >= 0.3 is 0 Å². The summed E-state index contributed by atoms with van der Waals surface area (Å²) in [6.45, 7) is 0. The molecule has 9 aromatic carbocycles. The molecule has 64 heavy (non-hydrogen) atoms. The van der Waals surface area contributed by atoms with Crippen molar-refractivity contribution >= 4 is 33.3 Å². The maximum Gasteiger partial charge on any atom is 0.160 e. The Labute approximate surface area is 371 Å². The number of para-hydroxylation sites is 4. The predicted molar refractivity (Wildman–Crippen MR) is 262 cm³/mol. The van der Waals surface area contributed by atoms with E-state index in [-0.39, 0.29) is 5.92 Å². The fraction of sp³-hybridized carbons (Fsp3) is 0.0169. The molecule has 0 saturated carbocycles. The second-order valence-corrected chi connectivity index (χ2v) is 16.2. The van der Waals surface area contributed by atoms with Gasteiger partial charge in [0.05, 0.1) is 39.6 Å². The minimum absolute atomic E-state index is 0.0451. The van der Waals surface area contributed by atoms with Gasteiger partial charge < -0.3 is 0 Å². The quantitative estimate of drug-likeness (QED) is 0.153. The van der Waals surface area contributed by atoms with Gasteiger partial charge in [0.2, 0.25) is 0 Å². The Bertz CT molecular complexity index is 3510. The molecule has 5 heteroatoms. The molecule has 0 amide bonds. The van der Waals surface area contributed by atoms with E-state index in [4.69, 9.17) is 19.9 Å². The van der Waals surface area contributed by atoms with Crippen LogP contribution in [0.25, 0.3) is 83.9 Å². The maximum atomic E-state index is 5.47. The first-order chi connectivity index (χ1) is 31.7. The number of aliphatic imine (C=N–C) groups is 1. The first-order valence-corrected chi connectivity index (χ1v) is 21.7. The third kappa shape index (κ3) is 6.59. The zero-order chi connectivity index (χ0) is 42.4. The Morgan fingerprint density at radius 3 is 1.75 bits per heavy atom. The summed E-state index contributed by atoms with van der Waals surface area (Å²) < 4.78 is 2.23. The maximum absolute atomic E-state index is 5.47. The Kier molecular flexibility index (Phi) is 9.16. The van der Waals surface area contributed by atoms with Crippen molar-refractivity contribution in [2.75, 3.05) is 0 Å². The molecule has 11 aromatic rings. The molecule has 0 fully saturated rings. The molecular weight excluding hydrogens is 779 g/mol. The number of nitrogens with zero attached hydrogens (tertiary/aromatic N) is 5. The third-order valence-corrected chi connectivity index (χ3v) is 12.3. The summed E-state index contributed by atoms with van der Waals surface area (Å²) in [5, 5.41) is 0.984. The molecule has 2 aromatic heterocycles. The Hall–Kier alpha value is -8.54. The molecule has 0 saturated heterocycles. The average Bonchev–Trinajstić information content (AvgIpc) is 3.97. The summed E-state index contributed by atoms with van der Waals surface area (Å²) >= 11 is 0. The van der Waals surface area contributed by atoms with E-state index in [1.807, 2.05) is 12.1 Å². The molecule has 0 aliphatic carbocycles. The summed E-state index contributed by atoms with van der Waals surface area (Å²) in [5.74, 6) is 1.58. The van der Waals surface area contributed by atoms with E-state index < -0.39 is 0 Å². The highest BCUT2D eigenvalue weighted by atomic mass is 15.1. The lowest BCUT2D eigenvalue weighted by atomic mass is 9.85. The van der Waals surface area contributed by atoms with Crippen LogP contribution in [0, 0.1) is 0 Å². The van der Waals surface area contributed by atoms with Gasteiger partial charge in [0.25, 0.3) is 0 Å². The van der Waals surface area contributed by atoms with Crippen LogP contribution in [0.2, 0.25) is 0 Å². The fourth-order valence-electron chi connectivity index (χ4n) is 9.23. The van der Waals surface area contributed by atoms with Crippen LogP contribution in [-0.4, -0.2) is 25.2 Å². The number of rotatable bonds is 8. The number of benzene rings is 9. The molecule has 0 N–H and O–H groups in total. The molecule has 1 aliphatic rings. The minimum Gasteiger partial charge on any atom is -0.292 e. The van der Waals surface area contributed by atoms with E-state index in [0.29, 0.717) is 5.82 Å². The molecule has 0 bridgehead atoms. The highest BCUT2D eigenvalue weighted by Crippen LogP contribution is 2.43. The van der Waals surface area contributed by atoms with Crippen LogP contribution in [0.4, 0.5) is 5.69 Å². The van der Waals surface area contributed by atoms with Crippen LogP contribution in [0.15, 0.2) is 236 Å². The summed E-state index contributed by atoms with van der Waals surface area (Å²) in [5.41, 5.74) is 17.7. The van der Waals surface area contributed by atoms with Gasteiger partial charge in [0, 0.05) is 33.3 Å². The van der Waals surface area contributed by atoms with Crippen LogP contribution in [0.3, 0.4) is 0 Å². The third-order valence-electron chi connectivity index (χ3n) is 12.3. The largest absolute Gasteiger partial charge is 0.292 e. The zero-order valence-corrected chi connectivity index (χ0v) is 34.8. The van der Waals surface area contributed by atoms with Crippen molar-refractivity contribution in [1.29, 1.82) is 0 Å². The minimum atomic E-state index is 0.0451. The van der Waals surface area contributed by atoms with E-state index in [2.05, 4.69) is 223 Å². The van der Waals surface area contributed by atoms with E-state index in [1.165, 1.54) is 11.1 Å². The van der Waals surface area contributed by atoms with Gasteiger partial charge in [-0.15, -0.1) is 0 Å². The van der Waals surface area contributed by atoms with Crippen molar-refractivity contribution in [3.05, 3.63) is 247 Å². The molecule has 0 radical (unpaired) electrons. The van der Waals surface area contributed by atoms with Crippen LogP contribution in [-0.2, 0) is 0 Å². The summed E-state index contributed by atoms with van der Waals surface area (Å²) in [6, 6.07) is 80.9. The summed E-state index contributed by atoms with van der Waals surface area (Å²) in [6.07, 6.45) is 0. The van der Waals surface area contributed by atoms with Gasteiger partial charge in [-0.2, -0.15) is 0 Å². The highest BCUT2D eigenvalue weighted by Gasteiger charge is 2.29. The van der Waals surface area contributed by atoms with Crippen molar-refractivity contribution in [2.24, 2.45) is 4.99 Å². The molecule has 1 aliphatic heterocycles. The highest BCUT2D eigenvalue weighted by molar-refractivity contribution is 6.12. The lowest BCUT2D eigenvalue weighted by Crippen LogP contribution is -2.11. The zero-order valence-electron chi connectivity index (χ0n) is 34.8. The second-order valence-electron chi connectivity index (χ2n) is 16.2. The fourth-order valence-corrected chi connectivity index (χ4v) is 9.23. The Balaban J connectivity index is 1.02. The van der Waals surface area contributed by atoms with E-state index in [0.717, 1.165) is 95.0 Å². The van der Waals surface area contributed by atoms with Crippen LogP contribution in [0.5, 0.6) is 0 Å². The molecule has 0 spiro atoms. The van der Waals surface area contributed by atoms with Gasteiger partial charge in [-0.1, -0.05) is 188 Å². The number of hydrogen-bond acceptors (Lipinski definition) is 4. The van der Waals surface area contributed by atoms with Crippen molar-refractivity contribution < 1.29 is 0 Å². The first-order valence-electron chi connectivity index (χ1n) is 21.7. The second kappa shape index (κ2) is 15.7. The van der Waals surface area contributed by atoms with Crippen LogP contribution < -0.4 is 0 Å². The summed E-state index contributed by atoms with van der Waals surface area (Å²) in [7, 11) is 0. The van der Waals surface area contributed by atoms with Crippen molar-refractivity contribution in [3.63, 3.8) is 0 Å². The molecule has 1 atom stereocenters. The monoisotopic (exact) mass is 817 g/mol. The lowest BCUT2D eigenvalue weighted by Gasteiger charge is -2.17. The van der Waals surface area contributed by atoms with E-state index in [1.54, 1.807) is 0 Å². The molecule has 300 valence electrons. The number of hydrogen-bond donors (Lipinski definition) is 0. The smallest absolute Gasteiger partial charge is 0.160 e. The SMILES string of the molecule is c1ccc(-c2cc(-c3ccccc3)c3nc(-c4ccc(-c5nc6ccccc6n5-c5ccccc5)cc4)nc(-c4ccc(C5=Nc6ccccc6[C@H]5c5ccccc5)cc4)c3c2)cc1.